The summed E-state index contributed by atoms with van der Waals surface area (Å²) in [5.41, 5.74) is 0.573. The molecule has 0 spiro atoms. The number of thiazole rings is 1. The van der Waals surface area contributed by atoms with E-state index < -0.39 is 5.97 Å². The van der Waals surface area contributed by atoms with Crippen molar-refractivity contribution >= 4 is 34.3 Å². The highest BCUT2D eigenvalue weighted by Gasteiger charge is 2.26. The van der Waals surface area contributed by atoms with Gasteiger partial charge >= 0.3 is 5.97 Å². The molecule has 25 heavy (non-hydrogen) atoms. The fraction of sp³-hybridized carbons (Fsp3) is 0.647. The predicted octanol–water partition coefficient (Wildman–Crippen LogP) is 1.76. The fourth-order valence-corrected chi connectivity index (χ4v) is 4.11. The van der Waals surface area contributed by atoms with Crippen molar-refractivity contribution in [3.05, 3.63) is 11.1 Å². The molecule has 2 aliphatic rings. The lowest BCUT2D eigenvalue weighted by Gasteiger charge is -2.33. The van der Waals surface area contributed by atoms with E-state index in [0.717, 1.165) is 32.2 Å². The van der Waals surface area contributed by atoms with E-state index in [2.05, 4.69) is 4.98 Å². The van der Waals surface area contributed by atoms with Gasteiger partial charge < -0.3 is 9.64 Å². The van der Waals surface area contributed by atoms with Crippen molar-refractivity contribution in [1.82, 2.24) is 9.88 Å². The average molecular weight is 365 g/mol. The van der Waals surface area contributed by atoms with Gasteiger partial charge in [0.1, 0.15) is 0 Å². The van der Waals surface area contributed by atoms with Crippen molar-refractivity contribution in [1.29, 1.82) is 0 Å². The largest absolute Gasteiger partial charge is 0.455 e. The van der Waals surface area contributed by atoms with Crippen molar-refractivity contribution in [2.24, 2.45) is 0 Å². The number of likely N-dealkylation sites (tertiary alicyclic amines) is 1. The van der Waals surface area contributed by atoms with E-state index in [0.29, 0.717) is 23.8 Å². The molecule has 3 rings (SSSR count). The molecule has 0 radical (unpaired) electrons. The molecule has 2 fully saturated rings. The van der Waals surface area contributed by atoms with Crippen molar-refractivity contribution in [2.45, 2.75) is 51.5 Å². The number of aromatic nitrogens is 1. The SMILES string of the molecule is CC1CCCCN1C(=O)COC(=O)Cc1csc(N2CCCC2=O)n1. The summed E-state index contributed by atoms with van der Waals surface area (Å²) < 4.78 is 5.12. The number of carbonyl (C=O) groups excluding carboxylic acids is 3. The van der Waals surface area contributed by atoms with Crippen molar-refractivity contribution in [3.63, 3.8) is 0 Å². The van der Waals surface area contributed by atoms with Crippen LogP contribution in [-0.2, 0) is 25.5 Å². The van der Waals surface area contributed by atoms with Crippen LogP contribution in [0.2, 0.25) is 0 Å². The van der Waals surface area contributed by atoms with E-state index >= 15 is 0 Å². The first-order chi connectivity index (χ1) is 12.0. The van der Waals surface area contributed by atoms with Gasteiger partial charge in [-0.1, -0.05) is 0 Å². The van der Waals surface area contributed by atoms with Gasteiger partial charge in [0, 0.05) is 30.9 Å². The molecule has 1 aromatic heterocycles. The maximum atomic E-state index is 12.2. The third kappa shape index (κ3) is 4.36. The van der Waals surface area contributed by atoms with E-state index in [4.69, 9.17) is 4.74 Å². The highest BCUT2D eigenvalue weighted by Crippen LogP contribution is 2.25. The Balaban J connectivity index is 1.47. The smallest absolute Gasteiger partial charge is 0.312 e. The summed E-state index contributed by atoms with van der Waals surface area (Å²) in [7, 11) is 0. The number of hydrogen-bond acceptors (Lipinski definition) is 6. The van der Waals surface area contributed by atoms with Crippen molar-refractivity contribution in [3.8, 4) is 0 Å². The molecular weight excluding hydrogens is 342 g/mol. The summed E-state index contributed by atoms with van der Waals surface area (Å²) in [6, 6.07) is 0.207. The number of piperidine rings is 1. The molecule has 0 saturated carbocycles. The number of anilines is 1. The van der Waals surface area contributed by atoms with Gasteiger partial charge in [-0.3, -0.25) is 19.3 Å². The molecule has 7 nitrogen and oxygen atoms in total. The summed E-state index contributed by atoms with van der Waals surface area (Å²) in [6.07, 6.45) is 4.54. The number of nitrogens with zero attached hydrogens (tertiary/aromatic N) is 3. The van der Waals surface area contributed by atoms with Gasteiger partial charge in [0.25, 0.3) is 5.91 Å². The molecule has 1 aromatic rings. The van der Waals surface area contributed by atoms with Crippen LogP contribution < -0.4 is 4.90 Å². The Morgan fingerprint density at radius 3 is 2.88 bits per heavy atom. The summed E-state index contributed by atoms with van der Waals surface area (Å²) in [5, 5.41) is 2.39. The second kappa shape index (κ2) is 7.95. The van der Waals surface area contributed by atoms with Gasteiger partial charge in [-0.2, -0.15) is 0 Å². The Bertz CT molecular complexity index is 660. The van der Waals surface area contributed by atoms with Gasteiger partial charge in [-0.05, 0) is 32.6 Å². The standard InChI is InChI=1S/C17H23N3O4S/c1-12-5-2-3-7-19(12)15(22)10-24-16(23)9-13-11-25-17(18-13)20-8-4-6-14(20)21/h11-12H,2-10H2,1H3. The van der Waals surface area contributed by atoms with Crippen LogP contribution in [0, 0.1) is 0 Å². The number of amides is 2. The van der Waals surface area contributed by atoms with Crippen LogP contribution >= 0.6 is 11.3 Å². The Morgan fingerprint density at radius 2 is 2.16 bits per heavy atom. The Hall–Kier alpha value is -1.96. The molecule has 136 valence electrons. The molecule has 0 aromatic carbocycles. The molecule has 8 heteroatoms. The van der Waals surface area contributed by atoms with E-state index in [1.165, 1.54) is 11.3 Å². The third-order valence-electron chi connectivity index (χ3n) is 4.65. The number of rotatable bonds is 5. The van der Waals surface area contributed by atoms with E-state index in [9.17, 15) is 14.4 Å². The zero-order valence-electron chi connectivity index (χ0n) is 14.4. The summed E-state index contributed by atoms with van der Waals surface area (Å²) in [6.45, 7) is 3.22. The summed E-state index contributed by atoms with van der Waals surface area (Å²) in [5.74, 6) is -0.533. The second-order valence-electron chi connectivity index (χ2n) is 6.54. The van der Waals surface area contributed by atoms with Crippen molar-refractivity contribution < 1.29 is 19.1 Å². The Kier molecular flexibility index (Phi) is 5.67. The first-order valence-electron chi connectivity index (χ1n) is 8.74. The van der Waals surface area contributed by atoms with Crippen LogP contribution in [0.25, 0.3) is 0 Å². The second-order valence-corrected chi connectivity index (χ2v) is 7.38. The Morgan fingerprint density at radius 1 is 1.32 bits per heavy atom. The van der Waals surface area contributed by atoms with Crippen LogP contribution in [0.15, 0.2) is 5.38 Å². The molecule has 1 atom stereocenters. The van der Waals surface area contributed by atoms with Crippen LogP contribution in [0.1, 0.15) is 44.7 Å². The lowest BCUT2D eigenvalue weighted by Crippen LogP contribution is -2.44. The molecule has 2 saturated heterocycles. The molecule has 2 aliphatic heterocycles. The molecule has 0 bridgehead atoms. The zero-order valence-corrected chi connectivity index (χ0v) is 15.2. The molecule has 0 aliphatic carbocycles. The van der Waals surface area contributed by atoms with Crippen LogP contribution in [0.5, 0.6) is 0 Å². The molecule has 2 amide bonds. The topological polar surface area (TPSA) is 79.8 Å². The van der Waals surface area contributed by atoms with Crippen molar-refractivity contribution in [2.75, 3.05) is 24.6 Å². The van der Waals surface area contributed by atoms with Gasteiger partial charge in [-0.25, -0.2) is 4.98 Å². The summed E-state index contributed by atoms with van der Waals surface area (Å²) >= 11 is 1.35. The highest BCUT2D eigenvalue weighted by atomic mass is 32.1. The first-order valence-corrected chi connectivity index (χ1v) is 9.62. The Labute approximate surface area is 151 Å². The monoisotopic (exact) mass is 365 g/mol. The van der Waals surface area contributed by atoms with Gasteiger partial charge in [0.2, 0.25) is 5.91 Å². The number of carbonyl (C=O) groups is 3. The highest BCUT2D eigenvalue weighted by molar-refractivity contribution is 7.14. The number of hydrogen-bond donors (Lipinski definition) is 0. The molecule has 1 unspecified atom stereocenters. The van der Waals surface area contributed by atoms with E-state index in [-0.39, 0.29) is 30.9 Å². The minimum Gasteiger partial charge on any atom is -0.455 e. The minimum absolute atomic E-state index is 0.0152. The third-order valence-corrected chi connectivity index (χ3v) is 5.56. The molecule has 3 heterocycles. The number of esters is 1. The van der Waals surface area contributed by atoms with E-state index in [1.54, 1.807) is 15.2 Å². The maximum Gasteiger partial charge on any atom is 0.312 e. The number of ether oxygens (including phenoxy) is 1. The fourth-order valence-electron chi connectivity index (χ4n) is 3.24. The lowest BCUT2D eigenvalue weighted by atomic mass is 10.0. The van der Waals surface area contributed by atoms with Gasteiger partial charge in [0.15, 0.2) is 11.7 Å². The molecule has 0 N–H and O–H groups in total. The predicted molar refractivity (Wildman–Crippen MR) is 93.4 cm³/mol. The van der Waals surface area contributed by atoms with Gasteiger partial charge in [0.05, 0.1) is 12.1 Å². The minimum atomic E-state index is -0.470. The summed E-state index contributed by atoms with van der Waals surface area (Å²) in [4.78, 5) is 43.6. The van der Waals surface area contributed by atoms with Crippen LogP contribution in [0.3, 0.4) is 0 Å². The lowest BCUT2D eigenvalue weighted by molar-refractivity contribution is -0.153. The van der Waals surface area contributed by atoms with E-state index in [1.807, 2.05) is 6.92 Å². The molecular formula is C17H23N3O4S. The quantitative estimate of drug-likeness (QED) is 0.743. The zero-order chi connectivity index (χ0) is 17.8. The maximum absolute atomic E-state index is 12.2. The van der Waals surface area contributed by atoms with Crippen LogP contribution in [-0.4, -0.2) is 53.4 Å². The van der Waals surface area contributed by atoms with Crippen LogP contribution in [0.4, 0.5) is 5.13 Å². The first kappa shape index (κ1) is 17.8. The van der Waals surface area contributed by atoms with Gasteiger partial charge in [-0.15, -0.1) is 11.3 Å². The average Bonchev–Trinajstić information content (AvgIpc) is 3.21. The normalized spacial score (nSPS) is 20.8.